The van der Waals surface area contributed by atoms with Crippen molar-refractivity contribution in [3.05, 3.63) is 50.2 Å². The van der Waals surface area contributed by atoms with Gasteiger partial charge < -0.3 is 15.6 Å². The van der Waals surface area contributed by atoms with Crippen LogP contribution in [0.3, 0.4) is 0 Å². The third-order valence-electron chi connectivity index (χ3n) is 4.24. The van der Waals surface area contributed by atoms with E-state index in [0.717, 1.165) is 34.6 Å². The molecular formula is C17H25N5O2. The zero-order valence-corrected chi connectivity index (χ0v) is 14.9. The molecule has 0 spiro atoms. The van der Waals surface area contributed by atoms with Gasteiger partial charge in [0.25, 0.3) is 5.56 Å². The molecule has 2 heterocycles. The normalized spacial score (nSPS) is 10.7. The molecule has 3 N–H and O–H groups in total. The molecule has 7 heteroatoms. The quantitative estimate of drug-likeness (QED) is 0.773. The molecule has 7 nitrogen and oxygen atoms in total. The summed E-state index contributed by atoms with van der Waals surface area (Å²) in [5, 5.41) is 9.91. The summed E-state index contributed by atoms with van der Waals surface area (Å²) in [5.74, 6) is 0. The van der Waals surface area contributed by atoms with E-state index in [4.69, 9.17) is 0 Å². The number of urea groups is 1. The fraction of sp³-hybridized carbons (Fsp3) is 0.471. The third kappa shape index (κ3) is 4.04. The number of H-pyrrole nitrogens is 1. The first-order valence-electron chi connectivity index (χ1n) is 7.99. The van der Waals surface area contributed by atoms with Crippen molar-refractivity contribution in [2.45, 2.75) is 40.7 Å². The number of hydrogen-bond donors (Lipinski definition) is 3. The van der Waals surface area contributed by atoms with Crippen LogP contribution in [0.2, 0.25) is 0 Å². The summed E-state index contributed by atoms with van der Waals surface area (Å²) in [6, 6.07) is 1.61. The summed E-state index contributed by atoms with van der Waals surface area (Å²) in [6.07, 6.45) is 0.725. The average molecular weight is 331 g/mol. The van der Waals surface area contributed by atoms with Gasteiger partial charge in [0.15, 0.2) is 0 Å². The Labute approximate surface area is 141 Å². The number of nitrogens with zero attached hydrogens (tertiary/aromatic N) is 2. The molecule has 2 amide bonds. The van der Waals surface area contributed by atoms with Crippen LogP contribution in [0.5, 0.6) is 0 Å². The van der Waals surface area contributed by atoms with E-state index >= 15 is 0 Å². The smallest absolute Gasteiger partial charge is 0.315 e. The standard InChI is InChI=1S/C17H25N5O2/c1-10-8-11(2)20-16(23)15(10)9-19-17(24)18-7-6-14-12(3)21-22(5)13(14)4/h8H,6-7,9H2,1-5H3,(H,20,23)(H2,18,19,24). The fourth-order valence-corrected chi connectivity index (χ4v) is 2.81. The average Bonchev–Trinajstić information content (AvgIpc) is 2.72. The molecule has 0 fully saturated rings. The van der Waals surface area contributed by atoms with Crippen molar-refractivity contribution < 1.29 is 4.79 Å². The first-order chi connectivity index (χ1) is 11.3. The Morgan fingerprint density at radius 1 is 1.21 bits per heavy atom. The van der Waals surface area contributed by atoms with Gasteiger partial charge in [0.2, 0.25) is 0 Å². The van der Waals surface area contributed by atoms with Crippen LogP contribution >= 0.6 is 0 Å². The molecule has 2 rings (SSSR count). The van der Waals surface area contributed by atoms with E-state index < -0.39 is 0 Å². The monoisotopic (exact) mass is 331 g/mol. The fourth-order valence-electron chi connectivity index (χ4n) is 2.81. The van der Waals surface area contributed by atoms with Crippen LogP contribution in [0.25, 0.3) is 0 Å². The molecule has 2 aromatic rings. The second-order valence-electron chi connectivity index (χ2n) is 6.08. The summed E-state index contributed by atoms with van der Waals surface area (Å²) in [5.41, 5.74) is 5.36. The molecule has 0 saturated heterocycles. The minimum Gasteiger partial charge on any atom is -0.338 e. The SMILES string of the molecule is Cc1cc(C)c(CNC(=O)NCCc2c(C)nn(C)c2C)c(=O)[nH]1. The Kier molecular flexibility index (Phi) is 5.43. The highest BCUT2D eigenvalue weighted by atomic mass is 16.2. The molecule has 130 valence electrons. The zero-order chi connectivity index (χ0) is 17.9. The Balaban J connectivity index is 1.85. The molecule has 0 radical (unpaired) electrons. The van der Waals surface area contributed by atoms with Gasteiger partial charge in [-0.1, -0.05) is 0 Å². The molecule has 0 aromatic carbocycles. The maximum atomic E-state index is 11.9. The predicted octanol–water partition coefficient (Wildman–Crippen LogP) is 1.38. The molecule has 0 saturated carbocycles. The van der Waals surface area contributed by atoms with Gasteiger partial charge in [0.05, 0.1) is 12.2 Å². The van der Waals surface area contributed by atoms with E-state index in [1.165, 1.54) is 0 Å². The van der Waals surface area contributed by atoms with E-state index in [9.17, 15) is 9.59 Å². The molecule has 2 aromatic heterocycles. The molecule has 24 heavy (non-hydrogen) atoms. The molecule has 0 bridgehead atoms. The number of aromatic amines is 1. The number of carbonyl (C=O) groups excluding carboxylic acids is 1. The largest absolute Gasteiger partial charge is 0.338 e. The first kappa shape index (κ1) is 17.8. The van der Waals surface area contributed by atoms with Crippen LogP contribution in [-0.4, -0.2) is 27.3 Å². The van der Waals surface area contributed by atoms with Crippen molar-refractivity contribution in [3.8, 4) is 0 Å². The number of hydrogen-bond acceptors (Lipinski definition) is 3. The van der Waals surface area contributed by atoms with Crippen LogP contribution in [0, 0.1) is 27.7 Å². The number of rotatable bonds is 5. The summed E-state index contributed by atoms with van der Waals surface area (Å²) >= 11 is 0. The second kappa shape index (κ2) is 7.33. The van der Waals surface area contributed by atoms with E-state index in [0.29, 0.717) is 12.1 Å². The second-order valence-corrected chi connectivity index (χ2v) is 6.08. The molecular weight excluding hydrogens is 306 g/mol. The lowest BCUT2D eigenvalue weighted by Gasteiger charge is -2.09. The number of aryl methyl sites for hydroxylation is 4. The van der Waals surface area contributed by atoms with E-state index in [2.05, 4.69) is 20.7 Å². The van der Waals surface area contributed by atoms with Crippen molar-refractivity contribution in [1.82, 2.24) is 25.4 Å². The van der Waals surface area contributed by atoms with E-state index in [-0.39, 0.29) is 18.1 Å². The van der Waals surface area contributed by atoms with Gasteiger partial charge in [-0.05, 0) is 51.3 Å². The molecule has 0 aliphatic heterocycles. The number of pyridine rings is 1. The summed E-state index contributed by atoms with van der Waals surface area (Å²) in [7, 11) is 1.91. The predicted molar refractivity (Wildman–Crippen MR) is 93.2 cm³/mol. The lowest BCUT2D eigenvalue weighted by Crippen LogP contribution is -2.37. The first-order valence-corrected chi connectivity index (χ1v) is 7.99. The van der Waals surface area contributed by atoms with Crippen molar-refractivity contribution in [1.29, 1.82) is 0 Å². The number of nitrogens with one attached hydrogen (secondary N) is 3. The van der Waals surface area contributed by atoms with Gasteiger partial charge >= 0.3 is 6.03 Å². The van der Waals surface area contributed by atoms with Crippen molar-refractivity contribution in [3.63, 3.8) is 0 Å². The zero-order valence-electron chi connectivity index (χ0n) is 14.9. The number of carbonyl (C=O) groups is 1. The molecule has 0 aliphatic rings. The van der Waals surface area contributed by atoms with Crippen LogP contribution in [-0.2, 0) is 20.0 Å². The highest BCUT2D eigenvalue weighted by molar-refractivity contribution is 5.73. The topological polar surface area (TPSA) is 91.8 Å². The van der Waals surface area contributed by atoms with Crippen LogP contribution < -0.4 is 16.2 Å². The highest BCUT2D eigenvalue weighted by Gasteiger charge is 2.10. The number of amides is 2. The Morgan fingerprint density at radius 3 is 2.50 bits per heavy atom. The lowest BCUT2D eigenvalue weighted by molar-refractivity contribution is 0.240. The summed E-state index contributed by atoms with van der Waals surface area (Å²) < 4.78 is 1.84. The van der Waals surface area contributed by atoms with Gasteiger partial charge in [0.1, 0.15) is 0 Å². The molecule has 0 atom stereocenters. The minimum absolute atomic E-state index is 0.158. The van der Waals surface area contributed by atoms with E-state index in [1.807, 2.05) is 45.5 Å². The van der Waals surface area contributed by atoms with Gasteiger partial charge in [-0.3, -0.25) is 9.48 Å². The van der Waals surface area contributed by atoms with Crippen molar-refractivity contribution in [2.75, 3.05) is 6.54 Å². The minimum atomic E-state index is -0.284. The Bertz CT molecular complexity index is 804. The van der Waals surface area contributed by atoms with Crippen molar-refractivity contribution >= 4 is 6.03 Å². The lowest BCUT2D eigenvalue weighted by atomic mass is 10.1. The Hall–Kier alpha value is -2.57. The number of aromatic nitrogens is 3. The maximum absolute atomic E-state index is 11.9. The third-order valence-corrected chi connectivity index (χ3v) is 4.24. The summed E-state index contributed by atoms with van der Waals surface area (Å²) in [4.78, 5) is 26.6. The van der Waals surface area contributed by atoms with Gasteiger partial charge in [-0.15, -0.1) is 0 Å². The highest BCUT2D eigenvalue weighted by Crippen LogP contribution is 2.11. The van der Waals surface area contributed by atoms with Crippen molar-refractivity contribution in [2.24, 2.45) is 7.05 Å². The van der Waals surface area contributed by atoms with Crippen LogP contribution in [0.4, 0.5) is 4.79 Å². The van der Waals surface area contributed by atoms with E-state index in [1.54, 1.807) is 0 Å². The maximum Gasteiger partial charge on any atom is 0.315 e. The van der Waals surface area contributed by atoms with Gasteiger partial charge in [0, 0.05) is 30.5 Å². The van der Waals surface area contributed by atoms with Gasteiger partial charge in [-0.25, -0.2) is 4.79 Å². The van der Waals surface area contributed by atoms with Crippen LogP contribution in [0.1, 0.15) is 33.8 Å². The molecule has 0 aliphatic carbocycles. The Morgan fingerprint density at radius 2 is 1.92 bits per heavy atom. The van der Waals surface area contributed by atoms with Crippen LogP contribution in [0.15, 0.2) is 10.9 Å². The molecule has 0 unspecified atom stereocenters. The van der Waals surface area contributed by atoms with Gasteiger partial charge in [-0.2, -0.15) is 5.10 Å². The summed E-state index contributed by atoms with van der Waals surface area (Å²) in [6.45, 7) is 8.41.